The molecule has 0 saturated heterocycles. The fourth-order valence-corrected chi connectivity index (χ4v) is 2.04. The second kappa shape index (κ2) is 10.2. The van der Waals surface area contributed by atoms with Crippen molar-refractivity contribution in [2.24, 2.45) is 5.92 Å². The molecule has 0 bridgehead atoms. The molecule has 1 fully saturated rings. The maximum atomic E-state index is 12.7. The van der Waals surface area contributed by atoms with E-state index in [1.807, 2.05) is 0 Å². The number of allylic oxidation sites excluding steroid dienone is 3. The van der Waals surface area contributed by atoms with Gasteiger partial charge in [0.05, 0.1) is 13.2 Å². The third-order valence-electron chi connectivity index (χ3n) is 3.46. The first-order chi connectivity index (χ1) is 10.5. The minimum atomic E-state index is -0.576. The molecule has 4 nitrogen and oxygen atoms in total. The van der Waals surface area contributed by atoms with E-state index in [0.717, 1.165) is 0 Å². The first-order valence-electron chi connectivity index (χ1n) is 7.68. The van der Waals surface area contributed by atoms with Crippen molar-refractivity contribution in [3.63, 3.8) is 0 Å². The predicted octanol–water partition coefficient (Wildman–Crippen LogP) is 3.27. The molecular formula is C17H26FNO3. The standard InChI is InChI=1S/C17H26FNO3/c1-13(2)16(11-14(3)18)22-10-9-21-8-7-19-17(20)12-15-5-4-6-15/h11,15H,1,3-10,12H2,2H3,(H,19,20)/b16-11+. The first kappa shape index (κ1) is 18.4. The molecule has 1 rings (SSSR count). The van der Waals surface area contributed by atoms with E-state index in [9.17, 15) is 9.18 Å². The van der Waals surface area contributed by atoms with E-state index in [1.54, 1.807) is 6.92 Å². The highest BCUT2D eigenvalue weighted by atomic mass is 19.1. The summed E-state index contributed by atoms with van der Waals surface area (Å²) in [5, 5.41) is 2.83. The summed E-state index contributed by atoms with van der Waals surface area (Å²) in [4.78, 5) is 11.5. The molecule has 0 heterocycles. The molecule has 0 unspecified atom stereocenters. The number of hydrogen-bond donors (Lipinski definition) is 1. The van der Waals surface area contributed by atoms with Gasteiger partial charge in [-0.1, -0.05) is 19.6 Å². The molecule has 22 heavy (non-hydrogen) atoms. The zero-order chi connectivity index (χ0) is 16.4. The van der Waals surface area contributed by atoms with Crippen LogP contribution in [0.2, 0.25) is 0 Å². The van der Waals surface area contributed by atoms with Crippen LogP contribution in [0.5, 0.6) is 0 Å². The Balaban J connectivity index is 2.01. The number of carbonyl (C=O) groups is 1. The topological polar surface area (TPSA) is 47.6 Å². The van der Waals surface area contributed by atoms with Crippen LogP contribution in [0, 0.1) is 5.92 Å². The van der Waals surface area contributed by atoms with Crippen LogP contribution >= 0.6 is 0 Å². The Labute approximate surface area is 132 Å². The van der Waals surface area contributed by atoms with E-state index in [-0.39, 0.29) is 5.91 Å². The molecule has 1 aliphatic carbocycles. The van der Waals surface area contributed by atoms with Gasteiger partial charge in [0.1, 0.15) is 18.2 Å². The number of carbonyl (C=O) groups excluding carboxylic acids is 1. The molecule has 0 aromatic rings. The van der Waals surface area contributed by atoms with Crippen molar-refractivity contribution < 1.29 is 18.7 Å². The van der Waals surface area contributed by atoms with Crippen molar-refractivity contribution in [3.05, 3.63) is 36.4 Å². The smallest absolute Gasteiger partial charge is 0.220 e. The molecule has 1 saturated carbocycles. The summed E-state index contributed by atoms with van der Waals surface area (Å²) in [5.74, 6) is 0.462. The average molecular weight is 311 g/mol. The Morgan fingerprint density at radius 3 is 2.59 bits per heavy atom. The van der Waals surface area contributed by atoms with Gasteiger partial charge in [0, 0.05) is 19.0 Å². The fourth-order valence-electron chi connectivity index (χ4n) is 2.04. The summed E-state index contributed by atoms with van der Waals surface area (Å²) < 4.78 is 23.4. The highest BCUT2D eigenvalue weighted by Crippen LogP contribution is 2.28. The van der Waals surface area contributed by atoms with Gasteiger partial charge < -0.3 is 14.8 Å². The molecule has 124 valence electrons. The van der Waals surface area contributed by atoms with Crippen molar-refractivity contribution >= 4 is 5.91 Å². The molecule has 0 radical (unpaired) electrons. The third kappa shape index (κ3) is 7.98. The summed E-state index contributed by atoms with van der Waals surface area (Å²) in [7, 11) is 0. The highest BCUT2D eigenvalue weighted by molar-refractivity contribution is 5.76. The SMILES string of the molecule is C=C(F)/C=C(/OCCOCCNC(=O)CC1CCC1)C(=C)C. The molecule has 1 N–H and O–H groups in total. The summed E-state index contributed by atoms with van der Waals surface area (Å²) in [6, 6.07) is 0. The van der Waals surface area contributed by atoms with Gasteiger partial charge in [-0.3, -0.25) is 4.79 Å². The van der Waals surface area contributed by atoms with Gasteiger partial charge in [-0.25, -0.2) is 4.39 Å². The van der Waals surface area contributed by atoms with Crippen molar-refractivity contribution in [1.82, 2.24) is 5.32 Å². The molecule has 0 spiro atoms. The maximum Gasteiger partial charge on any atom is 0.220 e. The van der Waals surface area contributed by atoms with Gasteiger partial charge in [-0.2, -0.15) is 0 Å². The highest BCUT2D eigenvalue weighted by Gasteiger charge is 2.20. The molecule has 1 amide bonds. The van der Waals surface area contributed by atoms with Crippen LogP contribution in [0.25, 0.3) is 0 Å². The number of halogens is 1. The number of rotatable bonds is 11. The second-order valence-corrected chi connectivity index (χ2v) is 5.55. The predicted molar refractivity (Wildman–Crippen MR) is 84.9 cm³/mol. The van der Waals surface area contributed by atoms with Crippen LogP contribution in [0.4, 0.5) is 4.39 Å². The summed E-state index contributed by atoms with van der Waals surface area (Å²) in [6.45, 7) is 10.2. The minimum absolute atomic E-state index is 0.0958. The van der Waals surface area contributed by atoms with E-state index in [1.165, 1.54) is 25.3 Å². The molecular weight excluding hydrogens is 285 g/mol. The van der Waals surface area contributed by atoms with Crippen LogP contribution in [0.3, 0.4) is 0 Å². The van der Waals surface area contributed by atoms with Crippen LogP contribution in [0.1, 0.15) is 32.6 Å². The van der Waals surface area contributed by atoms with E-state index in [4.69, 9.17) is 9.47 Å². The summed E-state index contributed by atoms with van der Waals surface area (Å²) >= 11 is 0. The van der Waals surface area contributed by atoms with Crippen LogP contribution in [-0.4, -0.2) is 32.3 Å². The molecule has 0 aromatic heterocycles. The Morgan fingerprint density at radius 1 is 1.32 bits per heavy atom. The van der Waals surface area contributed by atoms with E-state index in [0.29, 0.717) is 50.0 Å². The zero-order valence-electron chi connectivity index (χ0n) is 13.3. The third-order valence-corrected chi connectivity index (χ3v) is 3.46. The Kier molecular flexibility index (Phi) is 8.51. The van der Waals surface area contributed by atoms with Gasteiger partial charge >= 0.3 is 0 Å². The van der Waals surface area contributed by atoms with Crippen LogP contribution in [-0.2, 0) is 14.3 Å². The molecule has 0 aliphatic heterocycles. The van der Waals surface area contributed by atoms with Crippen molar-refractivity contribution in [2.45, 2.75) is 32.6 Å². The van der Waals surface area contributed by atoms with Gasteiger partial charge in [0.25, 0.3) is 0 Å². The van der Waals surface area contributed by atoms with Crippen molar-refractivity contribution in [1.29, 1.82) is 0 Å². The Bertz CT molecular complexity index is 428. The molecule has 0 atom stereocenters. The average Bonchev–Trinajstić information content (AvgIpc) is 2.40. The lowest BCUT2D eigenvalue weighted by atomic mass is 9.83. The van der Waals surface area contributed by atoms with Gasteiger partial charge in [0.15, 0.2) is 0 Å². The van der Waals surface area contributed by atoms with Crippen molar-refractivity contribution in [3.8, 4) is 0 Å². The quantitative estimate of drug-likeness (QED) is 0.362. The maximum absolute atomic E-state index is 12.7. The van der Waals surface area contributed by atoms with Gasteiger partial charge in [-0.15, -0.1) is 0 Å². The van der Waals surface area contributed by atoms with E-state index >= 15 is 0 Å². The number of amides is 1. The number of nitrogens with one attached hydrogen (secondary N) is 1. The first-order valence-corrected chi connectivity index (χ1v) is 7.68. The molecule has 5 heteroatoms. The second-order valence-electron chi connectivity index (χ2n) is 5.55. The summed E-state index contributed by atoms with van der Waals surface area (Å²) in [6.07, 6.45) is 5.42. The Hall–Kier alpha value is -1.62. The van der Waals surface area contributed by atoms with Gasteiger partial charge in [0.2, 0.25) is 5.91 Å². The number of ether oxygens (including phenoxy) is 2. The Morgan fingerprint density at radius 2 is 2.05 bits per heavy atom. The monoisotopic (exact) mass is 311 g/mol. The molecule has 1 aliphatic rings. The normalized spacial score (nSPS) is 15.1. The van der Waals surface area contributed by atoms with E-state index in [2.05, 4.69) is 18.5 Å². The van der Waals surface area contributed by atoms with Crippen molar-refractivity contribution in [2.75, 3.05) is 26.4 Å². The van der Waals surface area contributed by atoms with E-state index < -0.39 is 5.83 Å². The molecule has 0 aromatic carbocycles. The number of hydrogen-bond acceptors (Lipinski definition) is 3. The van der Waals surface area contributed by atoms with Crippen LogP contribution in [0.15, 0.2) is 36.4 Å². The lowest BCUT2D eigenvalue weighted by molar-refractivity contribution is -0.122. The van der Waals surface area contributed by atoms with Gasteiger partial charge in [-0.05, 0) is 31.3 Å². The largest absolute Gasteiger partial charge is 0.491 e. The minimum Gasteiger partial charge on any atom is -0.491 e. The van der Waals surface area contributed by atoms with Crippen LogP contribution < -0.4 is 5.32 Å². The fraction of sp³-hybridized carbons (Fsp3) is 0.588. The lowest BCUT2D eigenvalue weighted by Gasteiger charge is -2.24. The zero-order valence-corrected chi connectivity index (χ0v) is 13.3. The summed E-state index contributed by atoms with van der Waals surface area (Å²) in [5.41, 5.74) is 0.627. The lowest BCUT2D eigenvalue weighted by Crippen LogP contribution is -2.30.